The zero-order chi connectivity index (χ0) is 19.9. The zero-order valence-corrected chi connectivity index (χ0v) is 16.8. The first-order valence-corrected chi connectivity index (χ1v) is 10.5. The van der Waals surface area contributed by atoms with E-state index in [0.717, 1.165) is 11.8 Å². The monoisotopic (exact) mass is 417 g/mol. The number of hydrogen-bond acceptors (Lipinski definition) is 7. The molecule has 0 spiro atoms. The Morgan fingerprint density at radius 3 is 2.82 bits per heavy atom. The van der Waals surface area contributed by atoms with Crippen LogP contribution in [0.1, 0.15) is 16.1 Å². The highest BCUT2D eigenvalue weighted by Gasteiger charge is 2.15. The summed E-state index contributed by atoms with van der Waals surface area (Å²) in [6, 6.07) is 10.5. The van der Waals surface area contributed by atoms with Crippen LogP contribution < -0.4 is 10.9 Å². The van der Waals surface area contributed by atoms with Crippen molar-refractivity contribution in [3.63, 3.8) is 0 Å². The van der Waals surface area contributed by atoms with E-state index in [2.05, 4.69) is 10.3 Å². The molecule has 0 aliphatic carbocycles. The zero-order valence-electron chi connectivity index (χ0n) is 15.2. The Labute approximate surface area is 169 Å². The number of nitrogens with one attached hydrogen (secondary N) is 1. The SMILES string of the molecule is COCCCn1c(SCC(=O)NC(=O)c2cccs2)nc2ccccc2c1=O. The van der Waals surface area contributed by atoms with Gasteiger partial charge in [-0.2, -0.15) is 0 Å². The van der Waals surface area contributed by atoms with Crippen molar-refractivity contribution < 1.29 is 14.3 Å². The van der Waals surface area contributed by atoms with E-state index in [9.17, 15) is 14.4 Å². The number of methoxy groups -OCH3 is 1. The molecule has 2 heterocycles. The van der Waals surface area contributed by atoms with Crippen molar-refractivity contribution in [1.82, 2.24) is 14.9 Å². The molecule has 0 aliphatic heterocycles. The van der Waals surface area contributed by atoms with Crippen LogP contribution in [-0.2, 0) is 16.1 Å². The smallest absolute Gasteiger partial charge is 0.267 e. The topological polar surface area (TPSA) is 90.3 Å². The van der Waals surface area contributed by atoms with Crippen LogP contribution in [0.25, 0.3) is 10.9 Å². The summed E-state index contributed by atoms with van der Waals surface area (Å²) in [7, 11) is 1.60. The van der Waals surface area contributed by atoms with Crippen molar-refractivity contribution >= 4 is 45.8 Å². The number of carbonyl (C=O) groups excluding carboxylic acids is 2. The van der Waals surface area contributed by atoms with Crippen LogP contribution in [0, 0.1) is 0 Å². The van der Waals surface area contributed by atoms with Crippen molar-refractivity contribution in [1.29, 1.82) is 0 Å². The minimum absolute atomic E-state index is 0.0217. The highest BCUT2D eigenvalue weighted by molar-refractivity contribution is 7.99. The minimum atomic E-state index is -0.436. The second-order valence-electron chi connectivity index (χ2n) is 5.86. The van der Waals surface area contributed by atoms with E-state index in [0.29, 0.717) is 40.5 Å². The van der Waals surface area contributed by atoms with Gasteiger partial charge in [0.2, 0.25) is 5.91 Å². The van der Waals surface area contributed by atoms with Gasteiger partial charge in [-0.1, -0.05) is 30.0 Å². The number of para-hydroxylation sites is 1. The molecule has 0 aliphatic rings. The Morgan fingerprint density at radius 1 is 1.25 bits per heavy atom. The number of nitrogens with zero attached hydrogens (tertiary/aromatic N) is 2. The number of rotatable bonds is 8. The average Bonchev–Trinajstić information content (AvgIpc) is 3.23. The molecule has 0 saturated carbocycles. The van der Waals surface area contributed by atoms with Crippen molar-refractivity contribution in [2.45, 2.75) is 18.1 Å². The maximum absolute atomic E-state index is 12.8. The third-order valence-electron chi connectivity index (χ3n) is 3.89. The molecule has 0 atom stereocenters. The molecule has 0 unspecified atom stereocenters. The molecule has 1 aromatic carbocycles. The predicted octanol–water partition coefficient (Wildman–Crippen LogP) is 2.54. The summed E-state index contributed by atoms with van der Waals surface area (Å²) in [5.41, 5.74) is 0.423. The number of ether oxygens (including phenoxy) is 1. The van der Waals surface area contributed by atoms with Gasteiger partial charge >= 0.3 is 0 Å². The Balaban J connectivity index is 1.76. The van der Waals surface area contributed by atoms with Gasteiger partial charge in [-0.05, 0) is 30.0 Å². The van der Waals surface area contributed by atoms with E-state index in [1.807, 2.05) is 6.07 Å². The van der Waals surface area contributed by atoms with Gasteiger partial charge in [0, 0.05) is 20.3 Å². The van der Waals surface area contributed by atoms with Gasteiger partial charge < -0.3 is 4.74 Å². The number of carbonyl (C=O) groups is 2. The first-order valence-electron chi connectivity index (χ1n) is 8.59. The molecule has 9 heteroatoms. The lowest BCUT2D eigenvalue weighted by atomic mass is 10.2. The summed E-state index contributed by atoms with van der Waals surface area (Å²) >= 11 is 2.40. The molecule has 0 saturated heterocycles. The minimum Gasteiger partial charge on any atom is -0.385 e. The summed E-state index contributed by atoms with van der Waals surface area (Å²) in [6.45, 7) is 0.946. The Bertz CT molecular complexity index is 1030. The van der Waals surface area contributed by atoms with E-state index in [1.54, 1.807) is 47.4 Å². The Hall–Kier alpha value is -2.49. The summed E-state index contributed by atoms with van der Waals surface area (Å²) in [5.74, 6) is -0.884. The van der Waals surface area contributed by atoms with E-state index in [4.69, 9.17) is 4.74 Å². The highest BCUT2D eigenvalue weighted by Crippen LogP contribution is 2.18. The molecule has 0 radical (unpaired) electrons. The number of fused-ring (bicyclic) bond motifs is 1. The van der Waals surface area contributed by atoms with Gasteiger partial charge in [0.15, 0.2) is 5.16 Å². The standard InChI is InChI=1S/C19H19N3O4S2/c1-26-10-5-9-22-18(25)13-6-2-3-7-14(13)20-19(22)28-12-16(23)21-17(24)15-8-4-11-27-15/h2-4,6-8,11H,5,9-10,12H2,1H3,(H,21,23,24). The second-order valence-corrected chi connectivity index (χ2v) is 7.75. The molecule has 0 bridgehead atoms. The molecule has 0 fully saturated rings. The number of thioether (sulfide) groups is 1. The quantitative estimate of drug-likeness (QED) is 0.344. The van der Waals surface area contributed by atoms with Crippen molar-refractivity contribution in [2.75, 3.05) is 19.5 Å². The molecule has 2 aromatic heterocycles. The first kappa shape index (κ1) is 20.2. The number of benzene rings is 1. The maximum atomic E-state index is 12.8. The van der Waals surface area contributed by atoms with E-state index in [-0.39, 0.29) is 11.3 Å². The molecule has 2 amide bonds. The van der Waals surface area contributed by atoms with Crippen LogP contribution in [0.3, 0.4) is 0 Å². The van der Waals surface area contributed by atoms with E-state index in [1.165, 1.54) is 11.3 Å². The summed E-state index contributed by atoms with van der Waals surface area (Å²) in [6.07, 6.45) is 0.646. The first-order chi connectivity index (χ1) is 13.6. The highest BCUT2D eigenvalue weighted by atomic mass is 32.2. The number of hydrogen-bond donors (Lipinski definition) is 1. The van der Waals surface area contributed by atoms with Crippen LogP contribution in [0.15, 0.2) is 51.7 Å². The lowest BCUT2D eigenvalue weighted by Gasteiger charge is -2.12. The molecule has 3 rings (SSSR count). The normalized spacial score (nSPS) is 10.9. The predicted molar refractivity (Wildman–Crippen MR) is 110 cm³/mol. The molecular formula is C19H19N3O4S2. The van der Waals surface area contributed by atoms with Gasteiger partial charge in [-0.3, -0.25) is 24.3 Å². The van der Waals surface area contributed by atoms with E-state index >= 15 is 0 Å². The lowest BCUT2D eigenvalue weighted by Crippen LogP contribution is -2.31. The van der Waals surface area contributed by atoms with Gasteiger partial charge in [0.05, 0.1) is 21.5 Å². The van der Waals surface area contributed by atoms with Gasteiger partial charge in [-0.15, -0.1) is 11.3 Å². The van der Waals surface area contributed by atoms with Gasteiger partial charge in [0.1, 0.15) is 0 Å². The van der Waals surface area contributed by atoms with Crippen LogP contribution >= 0.6 is 23.1 Å². The van der Waals surface area contributed by atoms with E-state index < -0.39 is 11.8 Å². The molecule has 7 nitrogen and oxygen atoms in total. The summed E-state index contributed by atoms with van der Waals surface area (Å²) < 4.78 is 6.62. The summed E-state index contributed by atoms with van der Waals surface area (Å²) in [4.78, 5) is 42.0. The largest absolute Gasteiger partial charge is 0.385 e. The van der Waals surface area contributed by atoms with Crippen LogP contribution in [0.5, 0.6) is 0 Å². The van der Waals surface area contributed by atoms with Crippen LogP contribution in [-0.4, -0.2) is 40.8 Å². The van der Waals surface area contributed by atoms with Crippen LogP contribution in [0.4, 0.5) is 0 Å². The van der Waals surface area contributed by atoms with Gasteiger partial charge in [-0.25, -0.2) is 4.98 Å². The molecule has 28 heavy (non-hydrogen) atoms. The molecular weight excluding hydrogens is 398 g/mol. The Kier molecular flexibility index (Phi) is 6.96. The molecule has 1 N–H and O–H groups in total. The van der Waals surface area contributed by atoms with Crippen molar-refractivity contribution in [3.05, 3.63) is 57.0 Å². The maximum Gasteiger partial charge on any atom is 0.267 e. The fraction of sp³-hybridized carbons (Fsp3) is 0.263. The number of imide groups is 1. The summed E-state index contributed by atoms with van der Waals surface area (Å²) in [5, 5.41) is 5.09. The number of aromatic nitrogens is 2. The lowest BCUT2D eigenvalue weighted by molar-refractivity contribution is -0.117. The number of amides is 2. The second kappa shape index (κ2) is 9.63. The molecule has 146 valence electrons. The fourth-order valence-corrected chi connectivity index (χ4v) is 4.03. The molecule has 3 aromatic rings. The van der Waals surface area contributed by atoms with Crippen LogP contribution in [0.2, 0.25) is 0 Å². The average molecular weight is 418 g/mol. The van der Waals surface area contributed by atoms with Crippen molar-refractivity contribution in [2.24, 2.45) is 0 Å². The third kappa shape index (κ3) is 4.86. The van der Waals surface area contributed by atoms with Gasteiger partial charge in [0.25, 0.3) is 11.5 Å². The Morgan fingerprint density at radius 2 is 2.07 bits per heavy atom. The third-order valence-corrected chi connectivity index (χ3v) is 5.73. The van der Waals surface area contributed by atoms with Crippen molar-refractivity contribution in [3.8, 4) is 0 Å². The number of thiophene rings is 1. The fourth-order valence-electron chi connectivity index (χ4n) is 2.58.